The molecular weight excluding hydrogens is 280 g/mol. The van der Waals surface area contributed by atoms with E-state index in [4.69, 9.17) is 15.2 Å². The van der Waals surface area contributed by atoms with Crippen molar-refractivity contribution in [3.63, 3.8) is 0 Å². The Morgan fingerprint density at radius 2 is 2.00 bits per heavy atom. The summed E-state index contributed by atoms with van der Waals surface area (Å²) in [5.74, 6) is 1.33. The van der Waals surface area contributed by atoms with Crippen molar-refractivity contribution in [1.29, 1.82) is 0 Å². The van der Waals surface area contributed by atoms with Gasteiger partial charge in [0.25, 0.3) is 0 Å². The number of benzene rings is 1. The zero-order valence-electron chi connectivity index (χ0n) is 13.1. The Bertz CT molecular complexity index is 553. The highest BCUT2D eigenvalue weighted by molar-refractivity contribution is 5.79. The van der Waals surface area contributed by atoms with Crippen LogP contribution in [-0.2, 0) is 10.2 Å². The fraction of sp³-hybridized carbons (Fsp3) is 0.588. The van der Waals surface area contributed by atoms with E-state index in [9.17, 15) is 4.79 Å². The third-order valence-corrected chi connectivity index (χ3v) is 4.97. The number of primary amides is 1. The van der Waals surface area contributed by atoms with Gasteiger partial charge in [-0.3, -0.25) is 4.79 Å². The Balaban J connectivity index is 1.83. The molecule has 1 aromatic rings. The molecule has 0 saturated heterocycles. The molecule has 1 aliphatic carbocycles. The van der Waals surface area contributed by atoms with Gasteiger partial charge in [-0.1, -0.05) is 25.3 Å². The van der Waals surface area contributed by atoms with Crippen molar-refractivity contribution in [2.75, 3.05) is 13.3 Å². The minimum atomic E-state index is -0.312. The number of rotatable bonds is 5. The Kier molecular flexibility index (Phi) is 4.25. The maximum Gasteiger partial charge on any atom is 0.234 e. The Labute approximate surface area is 131 Å². The van der Waals surface area contributed by atoms with Crippen molar-refractivity contribution in [3.05, 3.63) is 23.8 Å². The number of nitrogens with one attached hydrogen (secondary N) is 1. The van der Waals surface area contributed by atoms with Gasteiger partial charge >= 0.3 is 0 Å². The number of hydrogen-bond acceptors (Lipinski definition) is 4. The molecule has 1 atom stereocenters. The van der Waals surface area contributed by atoms with Crippen LogP contribution in [0, 0.1) is 0 Å². The lowest BCUT2D eigenvalue weighted by Crippen LogP contribution is -2.47. The Morgan fingerprint density at radius 1 is 1.27 bits per heavy atom. The molecule has 3 N–H and O–H groups in total. The van der Waals surface area contributed by atoms with E-state index in [0.29, 0.717) is 6.79 Å². The van der Waals surface area contributed by atoms with E-state index in [-0.39, 0.29) is 17.4 Å². The second-order valence-electron chi connectivity index (χ2n) is 6.41. The SMILES string of the molecule is C[C@H](NCC1(c2ccc3c(c2)OCO3)CCCCC1)C(N)=O. The monoisotopic (exact) mass is 304 g/mol. The van der Waals surface area contributed by atoms with Crippen molar-refractivity contribution in [3.8, 4) is 11.5 Å². The third kappa shape index (κ3) is 2.90. The summed E-state index contributed by atoms with van der Waals surface area (Å²) in [7, 11) is 0. The summed E-state index contributed by atoms with van der Waals surface area (Å²) in [6, 6.07) is 5.92. The molecule has 0 radical (unpaired) electrons. The van der Waals surface area contributed by atoms with Crippen LogP contribution >= 0.6 is 0 Å². The highest BCUT2D eigenvalue weighted by Gasteiger charge is 2.35. The van der Waals surface area contributed by atoms with Crippen molar-refractivity contribution in [2.45, 2.75) is 50.5 Å². The standard InChI is InChI=1S/C17H24N2O3/c1-12(16(18)20)19-10-17(7-3-2-4-8-17)13-5-6-14-15(9-13)22-11-21-14/h5-6,9,12,19H,2-4,7-8,10-11H2,1H3,(H2,18,20)/t12-/m0/s1. The summed E-state index contributed by atoms with van der Waals surface area (Å²) in [5.41, 5.74) is 6.68. The lowest BCUT2D eigenvalue weighted by Gasteiger charge is -2.39. The van der Waals surface area contributed by atoms with Crippen LogP contribution < -0.4 is 20.5 Å². The lowest BCUT2D eigenvalue weighted by atomic mass is 9.69. The average molecular weight is 304 g/mol. The van der Waals surface area contributed by atoms with Crippen LogP contribution in [0.1, 0.15) is 44.6 Å². The number of ether oxygens (including phenoxy) is 2. The minimum absolute atomic E-state index is 0.0446. The Morgan fingerprint density at radius 3 is 2.73 bits per heavy atom. The highest BCUT2D eigenvalue weighted by Crippen LogP contribution is 2.43. The fourth-order valence-electron chi connectivity index (χ4n) is 3.47. The molecule has 120 valence electrons. The quantitative estimate of drug-likeness (QED) is 0.873. The smallest absolute Gasteiger partial charge is 0.234 e. The molecule has 3 rings (SSSR count). The molecule has 5 heteroatoms. The first kappa shape index (κ1) is 15.2. The van der Waals surface area contributed by atoms with Crippen LogP contribution in [0.5, 0.6) is 11.5 Å². The zero-order valence-corrected chi connectivity index (χ0v) is 13.1. The molecule has 22 heavy (non-hydrogen) atoms. The zero-order chi connectivity index (χ0) is 15.6. The predicted molar refractivity (Wildman–Crippen MR) is 84.0 cm³/mol. The van der Waals surface area contributed by atoms with Crippen molar-refractivity contribution in [1.82, 2.24) is 5.32 Å². The summed E-state index contributed by atoms with van der Waals surface area (Å²) in [4.78, 5) is 11.3. The van der Waals surface area contributed by atoms with Gasteiger partial charge in [-0.15, -0.1) is 0 Å². The molecule has 0 unspecified atom stereocenters. The Hall–Kier alpha value is -1.75. The van der Waals surface area contributed by atoms with Gasteiger partial charge < -0.3 is 20.5 Å². The summed E-state index contributed by atoms with van der Waals surface area (Å²) in [6.07, 6.45) is 5.93. The van der Waals surface area contributed by atoms with Gasteiger partial charge in [0, 0.05) is 12.0 Å². The third-order valence-electron chi connectivity index (χ3n) is 4.97. The number of fused-ring (bicyclic) bond motifs is 1. The number of nitrogens with two attached hydrogens (primary N) is 1. The van der Waals surface area contributed by atoms with Crippen LogP contribution in [-0.4, -0.2) is 25.3 Å². The van der Waals surface area contributed by atoms with E-state index >= 15 is 0 Å². The molecule has 1 amide bonds. The molecule has 1 fully saturated rings. The van der Waals surface area contributed by atoms with Crippen LogP contribution in [0.3, 0.4) is 0 Å². The maximum atomic E-state index is 11.3. The number of carbonyl (C=O) groups is 1. The predicted octanol–water partition coefficient (Wildman–Crippen LogP) is 2.08. The van der Waals surface area contributed by atoms with Gasteiger partial charge in [0.2, 0.25) is 12.7 Å². The lowest BCUT2D eigenvalue weighted by molar-refractivity contribution is -0.119. The second kappa shape index (κ2) is 6.16. The van der Waals surface area contributed by atoms with Crippen LogP contribution in [0.4, 0.5) is 0 Å². The average Bonchev–Trinajstić information content (AvgIpc) is 3.01. The minimum Gasteiger partial charge on any atom is -0.454 e. The summed E-state index contributed by atoms with van der Waals surface area (Å²) in [5, 5.41) is 3.31. The molecule has 2 aliphatic rings. The van der Waals surface area contributed by atoms with Gasteiger partial charge in [0.1, 0.15) is 0 Å². The molecule has 5 nitrogen and oxygen atoms in total. The molecule has 1 aromatic carbocycles. The number of carbonyl (C=O) groups excluding carboxylic acids is 1. The summed E-state index contributed by atoms with van der Waals surface area (Å²) in [6.45, 7) is 2.87. The first-order chi connectivity index (χ1) is 10.6. The maximum absolute atomic E-state index is 11.3. The van der Waals surface area contributed by atoms with Crippen LogP contribution in [0.15, 0.2) is 18.2 Å². The van der Waals surface area contributed by atoms with Gasteiger partial charge in [-0.2, -0.15) is 0 Å². The van der Waals surface area contributed by atoms with E-state index < -0.39 is 0 Å². The van der Waals surface area contributed by atoms with Crippen molar-refractivity contribution in [2.24, 2.45) is 5.73 Å². The fourth-order valence-corrected chi connectivity index (χ4v) is 3.47. The molecule has 0 spiro atoms. The normalized spacial score (nSPS) is 20.6. The summed E-state index contributed by atoms with van der Waals surface area (Å²) < 4.78 is 10.9. The van der Waals surface area contributed by atoms with Crippen LogP contribution in [0.25, 0.3) is 0 Å². The molecule has 1 aliphatic heterocycles. The van der Waals surface area contributed by atoms with E-state index in [2.05, 4.69) is 17.4 Å². The van der Waals surface area contributed by atoms with Crippen LogP contribution in [0.2, 0.25) is 0 Å². The highest BCUT2D eigenvalue weighted by atomic mass is 16.7. The molecule has 1 heterocycles. The van der Waals surface area contributed by atoms with Crippen molar-refractivity contribution < 1.29 is 14.3 Å². The second-order valence-corrected chi connectivity index (χ2v) is 6.41. The van der Waals surface area contributed by atoms with Gasteiger partial charge in [0.05, 0.1) is 6.04 Å². The molecule has 0 aromatic heterocycles. The van der Waals surface area contributed by atoms with E-state index in [0.717, 1.165) is 30.9 Å². The molecular formula is C17H24N2O3. The molecule has 1 saturated carbocycles. The number of amides is 1. The number of hydrogen-bond donors (Lipinski definition) is 2. The van der Waals surface area contributed by atoms with Crippen molar-refractivity contribution >= 4 is 5.91 Å². The molecule has 0 bridgehead atoms. The summed E-state index contributed by atoms with van der Waals surface area (Å²) >= 11 is 0. The van der Waals surface area contributed by atoms with E-state index in [1.54, 1.807) is 0 Å². The first-order valence-corrected chi connectivity index (χ1v) is 8.04. The first-order valence-electron chi connectivity index (χ1n) is 8.04. The van der Waals surface area contributed by atoms with Gasteiger partial charge in [-0.05, 0) is 37.5 Å². The topological polar surface area (TPSA) is 73.6 Å². The van der Waals surface area contributed by atoms with E-state index in [1.807, 2.05) is 13.0 Å². The van der Waals surface area contributed by atoms with E-state index in [1.165, 1.54) is 24.8 Å². The van der Waals surface area contributed by atoms with Gasteiger partial charge in [-0.25, -0.2) is 0 Å². The largest absolute Gasteiger partial charge is 0.454 e. The van der Waals surface area contributed by atoms with Gasteiger partial charge in [0.15, 0.2) is 11.5 Å².